The number of hydrogen-bond donors (Lipinski definition) is 1. The van der Waals surface area contributed by atoms with E-state index in [9.17, 15) is 4.39 Å². The van der Waals surface area contributed by atoms with E-state index in [0.29, 0.717) is 6.04 Å². The summed E-state index contributed by atoms with van der Waals surface area (Å²) in [4.78, 5) is 2.51. The third-order valence-corrected chi connectivity index (χ3v) is 4.31. The SMILES string of the molecule is CNC(c1cccc(F)c1)C1CN2CCCC2CO1. The third-order valence-electron chi connectivity index (χ3n) is 4.31. The van der Waals surface area contributed by atoms with E-state index in [1.807, 2.05) is 13.1 Å². The lowest BCUT2D eigenvalue weighted by Gasteiger charge is -2.39. The molecule has 4 heteroatoms. The maximum Gasteiger partial charge on any atom is 0.123 e. The minimum Gasteiger partial charge on any atom is -0.373 e. The highest BCUT2D eigenvalue weighted by Gasteiger charge is 2.35. The summed E-state index contributed by atoms with van der Waals surface area (Å²) in [5.41, 5.74) is 0.963. The van der Waals surface area contributed by atoms with Crippen LogP contribution in [0.3, 0.4) is 0 Å². The van der Waals surface area contributed by atoms with Crippen molar-refractivity contribution in [1.82, 2.24) is 10.2 Å². The quantitative estimate of drug-likeness (QED) is 0.903. The van der Waals surface area contributed by atoms with E-state index in [2.05, 4.69) is 10.2 Å². The van der Waals surface area contributed by atoms with Crippen molar-refractivity contribution in [1.29, 1.82) is 0 Å². The number of halogens is 1. The molecule has 0 aliphatic carbocycles. The van der Waals surface area contributed by atoms with Crippen molar-refractivity contribution >= 4 is 0 Å². The van der Waals surface area contributed by atoms with Crippen LogP contribution in [-0.2, 0) is 4.74 Å². The number of fused-ring (bicyclic) bond motifs is 1. The van der Waals surface area contributed by atoms with Gasteiger partial charge in [0.1, 0.15) is 5.82 Å². The molecule has 3 rings (SSSR count). The maximum atomic E-state index is 13.4. The average Bonchev–Trinajstić information content (AvgIpc) is 2.87. The molecular formula is C15H21FN2O. The predicted molar refractivity (Wildman–Crippen MR) is 72.5 cm³/mol. The molecule has 0 radical (unpaired) electrons. The number of benzene rings is 1. The molecule has 2 aliphatic heterocycles. The van der Waals surface area contributed by atoms with Gasteiger partial charge in [-0.2, -0.15) is 0 Å². The van der Waals surface area contributed by atoms with Crippen LogP contribution in [0.2, 0.25) is 0 Å². The zero-order valence-corrected chi connectivity index (χ0v) is 11.3. The molecule has 0 amide bonds. The minimum absolute atomic E-state index is 0.0530. The highest BCUT2D eigenvalue weighted by Crippen LogP contribution is 2.28. The molecule has 104 valence electrons. The molecule has 19 heavy (non-hydrogen) atoms. The van der Waals surface area contributed by atoms with E-state index in [1.54, 1.807) is 12.1 Å². The topological polar surface area (TPSA) is 24.5 Å². The van der Waals surface area contributed by atoms with Gasteiger partial charge in [0.2, 0.25) is 0 Å². The molecular weight excluding hydrogens is 243 g/mol. The maximum absolute atomic E-state index is 13.4. The van der Waals surface area contributed by atoms with Crippen molar-refractivity contribution in [2.75, 3.05) is 26.7 Å². The molecule has 2 fully saturated rings. The second-order valence-electron chi connectivity index (χ2n) is 5.48. The van der Waals surface area contributed by atoms with Crippen molar-refractivity contribution < 1.29 is 9.13 Å². The standard InChI is InChI=1S/C15H21FN2O/c1-17-15(11-4-2-5-12(16)8-11)14-9-18-7-3-6-13(18)10-19-14/h2,4-5,8,13-15,17H,3,6-7,9-10H2,1H3. The Morgan fingerprint density at radius 2 is 2.37 bits per heavy atom. The van der Waals surface area contributed by atoms with Gasteiger partial charge in [-0.3, -0.25) is 4.90 Å². The zero-order valence-electron chi connectivity index (χ0n) is 11.3. The first kappa shape index (κ1) is 13.0. The third kappa shape index (κ3) is 2.66. The highest BCUT2D eigenvalue weighted by molar-refractivity contribution is 5.21. The minimum atomic E-state index is -0.187. The van der Waals surface area contributed by atoms with Crippen LogP contribution in [0.4, 0.5) is 4.39 Å². The second-order valence-corrected chi connectivity index (χ2v) is 5.48. The lowest BCUT2D eigenvalue weighted by molar-refractivity contribution is -0.0643. The summed E-state index contributed by atoms with van der Waals surface area (Å²) < 4.78 is 19.4. The van der Waals surface area contributed by atoms with Gasteiger partial charge in [-0.1, -0.05) is 12.1 Å². The summed E-state index contributed by atoms with van der Waals surface area (Å²) in [6, 6.07) is 7.45. The molecule has 0 saturated carbocycles. The molecule has 2 heterocycles. The monoisotopic (exact) mass is 264 g/mol. The summed E-state index contributed by atoms with van der Waals surface area (Å²) in [5.74, 6) is -0.187. The molecule has 0 spiro atoms. The van der Waals surface area contributed by atoms with Crippen LogP contribution in [0, 0.1) is 5.82 Å². The van der Waals surface area contributed by atoms with E-state index < -0.39 is 0 Å². The lowest BCUT2D eigenvalue weighted by atomic mass is 9.99. The van der Waals surface area contributed by atoms with Gasteiger partial charge in [0.25, 0.3) is 0 Å². The van der Waals surface area contributed by atoms with E-state index in [4.69, 9.17) is 4.74 Å². The molecule has 3 atom stereocenters. The van der Waals surface area contributed by atoms with E-state index in [0.717, 1.165) is 18.7 Å². The van der Waals surface area contributed by atoms with Crippen molar-refractivity contribution in [3.8, 4) is 0 Å². The zero-order chi connectivity index (χ0) is 13.2. The number of ether oxygens (including phenoxy) is 1. The molecule has 1 N–H and O–H groups in total. The van der Waals surface area contributed by atoms with Gasteiger partial charge in [0.15, 0.2) is 0 Å². The Labute approximate surface area is 113 Å². The number of nitrogens with one attached hydrogen (secondary N) is 1. The summed E-state index contributed by atoms with van der Waals surface area (Å²) >= 11 is 0. The Morgan fingerprint density at radius 3 is 3.16 bits per heavy atom. The normalized spacial score (nSPS) is 29.2. The van der Waals surface area contributed by atoms with Crippen molar-refractivity contribution in [2.24, 2.45) is 0 Å². The number of morpholine rings is 1. The first-order valence-electron chi connectivity index (χ1n) is 7.06. The number of rotatable bonds is 3. The fourth-order valence-corrected chi connectivity index (χ4v) is 3.31. The Bertz CT molecular complexity index is 440. The smallest absolute Gasteiger partial charge is 0.123 e. The highest BCUT2D eigenvalue weighted by atomic mass is 19.1. The van der Waals surface area contributed by atoms with Crippen LogP contribution in [0.15, 0.2) is 24.3 Å². The Balaban J connectivity index is 1.75. The Kier molecular flexibility index (Phi) is 3.82. The molecule has 1 aromatic carbocycles. The van der Waals surface area contributed by atoms with E-state index in [1.165, 1.54) is 25.5 Å². The number of nitrogens with zero attached hydrogens (tertiary/aromatic N) is 1. The molecule has 0 bridgehead atoms. The summed E-state index contributed by atoms with van der Waals surface area (Å²) in [6.45, 7) is 2.91. The second kappa shape index (κ2) is 5.57. The Morgan fingerprint density at radius 1 is 1.47 bits per heavy atom. The molecule has 2 saturated heterocycles. The molecule has 3 unspecified atom stereocenters. The van der Waals surface area contributed by atoms with E-state index in [-0.39, 0.29) is 18.0 Å². The van der Waals surface area contributed by atoms with Gasteiger partial charge >= 0.3 is 0 Å². The van der Waals surface area contributed by atoms with Crippen LogP contribution in [0.1, 0.15) is 24.4 Å². The van der Waals surface area contributed by atoms with Gasteiger partial charge in [-0.25, -0.2) is 4.39 Å². The largest absolute Gasteiger partial charge is 0.373 e. The average molecular weight is 264 g/mol. The van der Waals surface area contributed by atoms with E-state index >= 15 is 0 Å². The number of likely N-dealkylation sites (N-methyl/N-ethyl adjacent to an activating group) is 1. The van der Waals surface area contributed by atoms with Crippen LogP contribution in [0.5, 0.6) is 0 Å². The first-order valence-corrected chi connectivity index (χ1v) is 7.06. The predicted octanol–water partition coefficient (Wildman–Crippen LogP) is 1.95. The van der Waals surface area contributed by atoms with Crippen LogP contribution in [0.25, 0.3) is 0 Å². The van der Waals surface area contributed by atoms with Gasteiger partial charge < -0.3 is 10.1 Å². The molecule has 2 aliphatic rings. The molecule has 1 aromatic rings. The van der Waals surface area contributed by atoms with Crippen molar-refractivity contribution in [2.45, 2.75) is 31.0 Å². The van der Waals surface area contributed by atoms with Crippen LogP contribution >= 0.6 is 0 Å². The van der Waals surface area contributed by atoms with Gasteiger partial charge in [-0.15, -0.1) is 0 Å². The van der Waals surface area contributed by atoms with Crippen molar-refractivity contribution in [3.05, 3.63) is 35.6 Å². The van der Waals surface area contributed by atoms with Gasteiger partial charge in [0.05, 0.1) is 18.8 Å². The molecule has 3 nitrogen and oxygen atoms in total. The van der Waals surface area contributed by atoms with Gasteiger partial charge in [-0.05, 0) is 44.1 Å². The molecule has 0 aromatic heterocycles. The fraction of sp³-hybridized carbons (Fsp3) is 0.600. The lowest BCUT2D eigenvalue weighted by Crippen LogP contribution is -2.50. The first-order chi connectivity index (χ1) is 9.28. The van der Waals surface area contributed by atoms with Crippen molar-refractivity contribution in [3.63, 3.8) is 0 Å². The summed E-state index contributed by atoms with van der Waals surface area (Å²) in [5, 5.41) is 3.28. The number of hydrogen-bond acceptors (Lipinski definition) is 3. The van der Waals surface area contributed by atoms with Crippen LogP contribution in [-0.4, -0.2) is 43.8 Å². The van der Waals surface area contributed by atoms with Gasteiger partial charge in [0, 0.05) is 12.6 Å². The fourth-order valence-electron chi connectivity index (χ4n) is 3.31. The van der Waals surface area contributed by atoms with Crippen LogP contribution < -0.4 is 5.32 Å². The summed E-state index contributed by atoms with van der Waals surface area (Å²) in [7, 11) is 1.91. The summed E-state index contributed by atoms with van der Waals surface area (Å²) in [6.07, 6.45) is 2.61. The Hall–Kier alpha value is -0.970.